The molecule has 0 aliphatic heterocycles. The third kappa shape index (κ3) is 4.60. The zero-order valence-electron chi connectivity index (χ0n) is 13.4. The van der Waals surface area contributed by atoms with Gasteiger partial charge in [-0.05, 0) is 42.5 Å². The number of hydrogen-bond donors (Lipinski definition) is 1. The Bertz CT molecular complexity index is 674. The number of carbonyl (C=O) groups excluding carboxylic acids is 1. The van der Waals surface area contributed by atoms with Gasteiger partial charge in [-0.15, -0.1) is 0 Å². The molecular formula is C18H19F3N2O. The third-order valence-corrected chi connectivity index (χ3v) is 4.32. The van der Waals surface area contributed by atoms with Crippen LogP contribution >= 0.6 is 0 Å². The average Bonchev–Trinajstić information content (AvgIpc) is 2.54. The van der Waals surface area contributed by atoms with Gasteiger partial charge in [-0.3, -0.25) is 4.79 Å². The molecule has 1 aromatic rings. The molecule has 1 N–H and O–H groups in total. The third-order valence-electron chi connectivity index (χ3n) is 4.32. The number of nitrogens with one attached hydrogen (secondary N) is 1. The van der Waals surface area contributed by atoms with Crippen LogP contribution in [0.4, 0.5) is 13.2 Å². The molecular weight excluding hydrogens is 317 g/mol. The van der Waals surface area contributed by atoms with Gasteiger partial charge in [0.25, 0.3) is 5.91 Å². The van der Waals surface area contributed by atoms with Gasteiger partial charge < -0.3 is 5.32 Å². The number of carbonyl (C=O) groups is 1. The quantitative estimate of drug-likeness (QED) is 0.661. The molecule has 1 amide bonds. The molecule has 2 rings (SSSR count). The Labute approximate surface area is 139 Å². The summed E-state index contributed by atoms with van der Waals surface area (Å²) in [5.41, 5.74) is -0.824. The first-order valence-corrected chi connectivity index (χ1v) is 7.91. The Hall–Kier alpha value is -2.29. The van der Waals surface area contributed by atoms with E-state index < -0.39 is 17.6 Å². The molecule has 0 spiro atoms. The summed E-state index contributed by atoms with van der Waals surface area (Å²) in [7, 11) is 0. The van der Waals surface area contributed by atoms with E-state index in [1.807, 2.05) is 6.92 Å². The molecule has 1 fully saturated rings. The number of rotatable bonds is 3. The molecule has 0 radical (unpaired) electrons. The lowest BCUT2D eigenvalue weighted by Gasteiger charge is -2.29. The SMILES string of the molecule is C[C@@H]1CCCC[C@@H]1NC(=O)/C(C#N)=C/c1cccc(C(F)(F)F)c1. The van der Waals surface area contributed by atoms with Crippen molar-refractivity contribution in [1.29, 1.82) is 5.26 Å². The highest BCUT2D eigenvalue weighted by Gasteiger charge is 2.30. The van der Waals surface area contributed by atoms with Gasteiger partial charge >= 0.3 is 6.18 Å². The van der Waals surface area contributed by atoms with E-state index in [9.17, 15) is 23.2 Å². The first kappa shape index (κ1) is 18.1. The maximum absolute atomic E-state index is 12.7. The van der Waals surface area contributed by atoms with Crippen molar-refractivity contribution in [2.45, 2.75) is 44.8 Å². The zero-order chi connectivity index (χ0) is 17.7. The van der Waals surface area contributed by atoms with Crippen LogP contribution in [-0.2, 0) is 11.0 Å². The van der Waals surface area contributed by atoms with Crippen LogP contribution in [0.3, 0.4) is 0 Å². The fourth-order valence-electron chi connectivity index (χ4n) is 2.90. The molecule has 128 valence electrons. The van der Waals surface area contributed by atoms with Gasteiger partial charge in [0.05, 0.1) is 5.56 Å². The number of halogens is 3. The fraction of sp³-hybridized carbons (Fsp3) is 0.444. The number of hydrogen-bond acceptors (Lipinski definition) is 2. The molecule has 2 atom stereocenters. The number of nitriles is 1. The minimum Gasteiger partial charge on any atom is -0.348 e. The van der Waals surface area contributed by atoms with Crippen LogP contribution in [-0.4, -0.2) is 11.9 Å². The molecule has 0 aromatic heterocycles. The van der Waals surface area contributed by atoms with Crippen LogP contribution in [0.2, 0.25) is 0 Å². The molecule has 1 aliphatic rings. The Kier molecular flexibility index (Phi) is 5.66. The highest BCUT2D eigenvalue weighted by atomic mass is 19.4. The molecule has 0 saturated heterocycles. The first-order chi connectivity index (χ1) is 11.3. The molecule has 1 saturated carbocycles. The van der Waals surface area contributed by atoms with Crippen LogP contribution in [0.1, 0.15) is 43.7 Å². The van der Waals surface area contributed by atoms with Gasteiger partial charge in [-0.1, -0.05) is 31.9 Å². The Balaban J connectivity index is 2.17. The summed E-state index contributed by atoms with van der Waals surface area (Å²) in [5, 5.41) is 12.0. The van der Waals surface area contributed by atoms with E-state index in [0.717, 1.165) is 37.8 Å². The molecule has 1 aromatic carbocycles. The molecule has 0 bridgehead atoms. The summed E-state index contributed by atoms with van der Waals surface area (Å²) in [4.78, 5) is 12.3. The van der Waals surface area contributed by atoms with Gasteiger partial charge in [0.1, 0.15) is 11.6 Å². The molecule has 0 heterocycles. The van der Waals surface area contributed by atoms with Crippen molar-refractivity contribution in [3.63, 3.8) is 0 Å². The van der Waals surface area contributed by atoms with Crippen molar-refractivity contribution >= 4 is 12.0 Å². The summed E-state index contributed by atoms with van der Waals surface area (Å²) in [6.07, 6.45) is 0.751. The van der Waals surface area contributed by atoms with Gasteiger partial charge in [-0.25, -0.2) is 0 Å². The normalized spacial score (nSPS) is 21.9. The summed E-state index contributed by atoms with van der Waals surface area (Å²) < 4.78 is 38.2. The number of alkyl halides is 3. The summed E-state index contributed by atoms with van der Waals surface area (Å²) >= 11 is 0. The minimum atomic E-state index is -4.46. The highest BCUT2D eigenvalue weighted by Crippen LogP contribution is 2.30. The second kappa shape index (κ2) is 7.52. The first-order valence-electron chi connectivity index (χ1n) is 7.91. The van der Waals surface area contributed by atoms with Crippen molar-refractivity contribution in [2.24, 2.45) is 5.92 Å². The largest absolute Gasteiger partial charge is 0.416 e. The fourth-order valence-corrected chi connectivity index (χ4v) is 2.90. The zero-order valence-corrected chi connectivity index (χ0v) is 13.4. The molecule has 3 nitrogen and oxygen atoms in total. The topological polar surface area (TPSA) is 52.9 Å². The van der Waals surface area contributed by atoms with Crippen LogP contribution < -0.4 is 5.32 Å². The predicted octanol–water partition coefficient (Wildman–Crippen LogP) is 4.31. The smallest absolute Gasteiger partial charge is 0.348 e. The van der Waals surface area contributed by atoms with Crippen LogP contribution in [0.5, 0.6) is 0 Å². The lowest BCUT2D eigenvalue weighted by atomic mass is 9.86. The standard InChI is InChI=1S/C18H19F3N2O/c1-12-5-2-3-8-16(12)23-17(24)14(11-22)9-13-6-4-7-15(10-13)18(19,20)21/h4,6-7,9-10,12,16H,2-3,5,8H2,1H3,(H,23,24)/b14-9+/t12-,16+/m1/s1. The van der Waals surface area contributed by atoms with Crippen LogP contribution in [0, 0.1) is 17.2 Å². The predicted molar refractivity (Wildman–Crippen MR) is 84.6 cm³/mol. The van der Waals surface area contributed by atoms with Crippen LogP contribution in [0.25, 0.3) is 6.08 Å². The number of benzene rings is 1. The second-order valence-electron chi connectivity index (χ2n) is 6.13. The molecule has 6 heteroatoms. The summed E-state index contributed by atoms with van der Waals surface area (Å²) in [6.45, 7) is 2.05. The van der Waals surface area contributed by atoms with Gasteiger partial charge in [0.15, 0.2) is 0 Å². The Morgan fingerprint density at radius 3 is 2.67 bits per heavy atom. The van der Waals surface area contributed by atoms with Crippen molar-refractivity contribution in [1.82, 2.24) is 5.32 Å². The van der Waals surface area contributed by atoms with E-state index in [-0.39, 0.29) is 17.2 Å². The Morgan fingerprint density at radius 1 is 1.33 bits per heavy atom. The van der Waals surface area contributed by atoms with Crippen molar-refractivity contribution in [2.75, 3.05) is 0 Å². The lowest BCUT2D eigenvalue weighted by Crippen LogP contribution is -2.41. The van der Waals surface area contributed by atoms with E-state index in [1.54, 1.807) is 6.07 Å². The van der Waals surface area contributed by atoms with E-state index in [4.69, 9.17) is 0 Å². The van der Waals surface area contributed by atoms with Crippen molar-refractivity contribution in [3.05, 3.63) is 41.0 Å². The van der Waals surface area contributed by atoms with Crippen LogP contribution in [0.15, 0.2) is 29.8 Å². The number of amides is 1. The highest BCUT2D eigenvalue weighted by molar-refractivity contribution is 6.01. The van der Waals surface area contributed by atoms with E-state index >= 15 is 0 Å². The average molecular weight is 336 g/mol. The minimum absolute atomic E-state index is 0.00418. The molecule has 1 aliphatic carbocycles. The van der Waals surface area contributed by atoms with Gasteiger partial charge in [-0.2, -0.15) is 18.4 Å². The Morgan fingerprint density at radius 2 is 2.04 bits per heavy atom. The molecule has 24 heavy (non-hydrogen) atoms. The van der Waals surface area contributed by atoms with Crippen molar-refractivity contribution < 1.29 is 18.0 Å². The molecule has 0 unspecified atom stereocenters. The summed E-state index contributed by atoms with van der Waals surface area (Å²) in [6, 6.07) is 6.35. The van der Waals surface area contributed by atoms with Crippen molar-refractivity contribution in [3.8, 4) is 6.07 Å². The van der Waals surface area contributed by atoms with E-state index in [1.165, 1.54) is 18.2 Å². The van der Waals surface area contributed by atoms with Gasteiger partial charge in [0, 0.05) is 6.04 Å². The summed E-state index contributed by atoms with van der Waals surface area (Å²) in [5.74, 6) is -0.204. The second-order valence-corrected chi connectivity index (χ2v) is 6.13. The maximum Gasteiger partial charge on any atom is 0.416 e. The monoisotopic (exact) mass is 336 g/mol. The lowest BCUT2D eigenvalue weighted by molar-refractivity contribution is -0.137. The van der Waals surface area contributed by atoms with E-state index in [0.29, 0.717) is 5.92 Å². The van der Waals surface area contributed by atoms with E-state index in [2.05, 4.69) is 5.32 Å². The van der Waals surface area contributed by atoms with Gasteiger partial charge in [0.2, 0.25) is 0 Å². The maximum atomic E-state index is 12.7. The number of nitrogens with zero attached hydrogens (tertiary/aromatic N) is 1.